The van der Waals surface area contributed by atoms with Gasteiger partial charge in [-0.15, -0.1) is 0 Å². The highest BCUT2D eigenvalue weighted by Gasteiger charge is 2.29. The third-order valence-electron chi connectivity index (χ3n) is 5.07. The van der Waals surface area contributed by atoms with Crippen LogP contribution in [-0.4, -0.2) is 29.2 Å². The van der Waals surface area contributed by atoms with Crippen LogP contribution in [0, 0.1) is 0 Å². The monoisotopic (exact) mass is 419 g/mol. The predicted octanol–water partition coefficient (Wildman–Crippen LogP) is 3.74. The van der Waals surface area contributed by atoms with Gasteiger partial charge in [-0.1, -0.05) is 36.4 Å². The van der Waals surface area contributed by atoms with Crippen molar-refractivity contribution in [1.29, 1.82) is 0 Å². The second kappa shape index (κ2) is 7.65. The summed E-state index contributed by atoms with van der Waals surface area (Å²) in [6, 6.07) is 15.9. The SMILES string of the molecule is C=C(CN1Cc2c(ccc3ccc(C(=O)Nc4cccc(Cl)c4)cc23)C1=O)C(N)=O. The van der Waals surface area contributed by atoms with E-state index in [1.54, 1.807) is 42.5 Å². The first-order valence-electron chi connectivity index (χ1n) is 9.23. The highest BCUT2D eigenvalue weighted by Crippen LogP contribution is 2.31. The summed E-state index contributed by atoms with van der Waals surface area (Å²) >= 11 is 5.98. The number of halogens is 1. The Morgan fingerprint density at radius 3 is 2.63 bits per heavy atom. The Morgan fingerprint density at radius 1 is 1.13 bits per heavy atom. The molecule has 150 valence electrons. The van der Waals surface area contributed by atoms with Crippen LogP contribution in [0.25, 0.3) is 10.8 Å². The summed E-state index contributed by atoms with van der Waals surface area (Å²) in [7, 11) is 0. The lowest BCUT2D eigenvalue weighted by Gasteiger charge is -2.15. The Kier molecular flexibility index (Phi) is 5.01. The Balaban J connectivity index is 1.66. The molecule has 3 aromatic rings. The number of amides is 3. The van der Waals surface area contributed by atoms with E-state index >= 15 is 0 Å². The minimum absolute atomic E-state index is 0.0687. The zero-order chi connectivity index (χ0) is 21.4. The maximum absolute atomic E-state index is 12.7. The minimum Gasteiger partial charge on any atom is -0.366 e. The molecular formula is C23H18ClN3O3. The van der Waals surface area contributed by atoms with Crippen molar-refractivity contribution >= 4 is 45.8 Å². The molecule has 1 heterocycles. The number of anilines is 1. The van der Waals surface area contributed by atoms with Crippen molar-refractivity contribution in [3.05, 3.63) is 88.5 Å². The van der Waals surface area contributed by atoms with Crippen LogP contribution in [0.5, 0.6) is 0 Å². The zero-order valence-corrected chi connectivity index (χ0v) is 16.7. The first kappa shape index (κ1) is 19.7. The highest BCUT2D eigenvalue weighted by molar-refractivity contribution is 6.31. The number of nitrogens with one attached hydrogen (secondary N) is 1. The Morgan fingerprint density at radius 2 is 1.90 bits per heavy atom. The summed E-state index contributed by atoms with van der Waals surface area (Å²) in [5.74, 6) is -1.10. The largest absolute Gasteiger partial charge is 0.366 e. The molecule has 30 heavy (non-hydrogen) atoms. The smallest absolute Gasteiger partial charge is 0.255 e. The molecule has 3 N–H and O–H groups in total. The van der Waals surface area contributed by atoms with E-state index in [2.05, 4.69) is 11.9 Å². The van der Waals surface area contributed by atoms with Gasteiger partial charge in [-0.2, -0.15) is 0 Å². The number of nitrogens with two attached hydrogens (primary N) is 1. The molecule has 0 unspecified atom stereocenters. The van der Waals surface area contributed by atoms with Crippen molar-refractivity contribution in [3.63, 3.8) is 0 Å². The number of primary amides is 1. The molecule has 0 aromatic heterocycles. The number of rotatable bonds is 5. The lowest BCUT2D eigenvalue weighted by atomic mass is 9.98. The summed E-state index contributed by atoms with van der Waals surface area (Å²) in [6.45, 7) is 4.02. The Hall–Kier alpha value is -3.64. The molecule has 0 spiro atoms. The van der Waals surface area contributed by atoms with Crippen LogP contribution in [0.15, 0.2) is 66.7 Å². The van der Waals surface area contributed by atoms with E-state index < -0.39 is 5.91 Å². The molecule has 0 atom stereocenters. The zero-order valence-electron chi connectivity index (χ0n) is 15.9. The van der Waals surface area contributed by atoms with Gasteiger partial charge in [0.2, 0.25) is 5.91 Å². The van der Waals surface area contributed by atoms with Gasteiger partial charge in [-0.05, 0) is 52.7 Å². The molecule has 0 aliphatic carbocycles. The lowest BCUT2D eigenvalue weighted by molar-refractivity contribution is -0.114. The molecule has 6 nitrogen and oxygen atoms in total. The summed E-state index contributed by atoms with van der Waals surface area (Å²) in [6.07, 6.45) is 0. The van der Waals surface area contributed by atoms with Crippen molar-refractivity contribution in [3.8, 4) is 0 Å². The Bertz CT molecular complexity index is 1240. The predicted molar refractivity (Wildman–Crippen MR) is 116 cm³/mol. The van der Waals surface area contributed by atoms with Crippen LogP contribution in [0.4, 0.5) is 5.69 Å². The summed E-state index contributed by atoms with van der Waals surface area (Å²) < 4.78 is 0. The fourth-order valence-electron chi connectivity index (χ4n) is 3.53. The highest BCUT2D eigenvalue weighted by atomic mass is 35.5. The molecule has 1 aliphatic rings. The van der Waals surface area contributed by atoms with E-state index in [-0.39, 0.29) is 23.9 Å². The molecule has 0 bridgehead atoms. The van der Waals surface area contributed by atoms with Gasteiger partial charge in [0.25, 0.3) is 11.8 Å². The van der Waals surface area contributed by atoms with Crippen molar-refractivity contribution < 1.29 is 14.4 Å². The number of carbonyl (C=O) groups excluding carboxylic acids is 3. The standard InChI is InChI=1S/C23H18ClN3O3/c1-13(21(25)28)11-27-12-20-18(23(27)30)8-7-14-5-6-15(9-19(14)20)22(29)26-17-4-2-3-16(24)10-17/h2-10H,1,11-12H2,(H2,25,28)(H,26,29). The minimum atomic E-state index is -0.636. The van der Waals surface area contributed by atoms with E-state index in [1.165, 1.54) is 4.90 Å². The van der Waals surface area contributed by atoms with Crippen LogP contribution in [0.3, 0.4) is 0 Å². The lowest BCUT2D eigenvalue weighted by Crippen LogP contribution is -2.30. The van der Waals surface area contributed by atoms with Gasteiger partial charge in [0, 0.05) is 34.0 Å². The molecular weight excluding hydrogens is 402 g/mol. The van der Waals surface area contributed by atoms with E-state index in [0.717, 1.165) is 16.3 Å². The third kappa shape index (κ3) is 3.65. The van der Waals surface area contributed by atoms with Gasteiger partial charge in [-0.3, -0.25) is 14.4 Å². The molecule has 7 heteroatoms. The maximum Gasteiger partial charge on any atom is 0.255 e. The van der Waals surface area contributed by atoms with Gasteiger partial charge in [-0.25, -0.2) is 0 Å². The fourth-order valence-corrected chi connectivity index (χ4v) is 3.72. The number of hydrogen-bond donors (Lipinski definition) is 2. The summed E-state index contributed by atoms with van der Waals surface area (Å²) in [5.41, 5.74) is 7.84. The van der Waals surface area contributed by atoms with Crippen LogP contribution >= 0.6 is 11.6 Å². The van der Waals surface area contributed by atoms with Gasteiger partial charge in [0.1, 0.15) is 0 Å². The van der Waals surface area contributed by atoms with Crippen LogP contribution < -0.4 is 11.1 Å². The van der Waals surface area contributed by atoms with E-state index in [1.807, 2.05) is 12.1 Å². The normalized spacial score (nSPS) is 12.7. The van der Waals surface area contributed by atoms with Gasteiger partial charge in [0.15, 0.2) is 0 Å². The number of nitrogens with zero attached hydrogens (tertiary/aromatic N) is 1. The molecule has 0 fully saturated rings. The maximum atomic E-state index is 12.7. The third-order valence-corrected chi connectivity index (χ3v) is 5.31. The fraction of sp³-hybridized carbons (Fsp3) is 0.0870. The van der Waals surface area contributed by atoms with Gasteiger partial charge < -0.3 is 16.0 Å². The number of hydrogen-bond acceptors (Lipinski definition) is 3. The summed E-state index contributed by atoms with van der Waals surface area (Å²) in [4.78, 5) is 38.3. The van der Waals surface area contributed by atoms with Crippen molar-refractivity contribution in [1.82, 2.24) is 4.90 Å². The van der Waals surface area contributed by atoms with E-state index in [9.17, 15) is 14.4 Å². The molecule has 3 amide bonds. The molecule has 4 rings (SSSR count). The van der Waals surface area contributed by atoms with Gasteiger partial charge >= 0.3 is 0 Å². The Labute approximate surface area is 177 Å². The first-order chi connectivity index (χ1) is 14.3. The van der Waals surface area contributed by atoms with Crippen molar-refractivity contribution in [2.75, 3.05) is 11.9 Å². The molecule has 0 saturated heterocycles. The van der Waals surface area contributed by atoms with Crippen LogP contribution in [-0.2, 0) is 11.3 Å². The molecule has 0 saturated carbocycles. The average molecular weight is 420 g/mol. The number of benzene rings is 3. The van der Waals surface area contributed by atoms with E-state index in [0.29, 0.717) is 28.4 Å². The topological polar surface area (TPSA) is 92.5 Å². The summed E-state index contributed by atoms with van der Waals surface area (Å²) in [5, 5.41) is 5.08. The van der Waals surface area contributed by atoms with Crippen molar-refractivity contribution in [2.45, 2.75) is 6.54 Å². The molecule has 1 aliphatic heterocycles. The second-order valence-electron chi connectivity index (χ2n) is 7.12. The molecule has 3 aromatic carbocycles. The number of fused-ring (bicyclic) bond motifs is 3. The quantitative estimate of drug-likeness (QED) is 0.617. The average Bonchev–Trinajstić information content (AvgIpc) is 3.03. The van der Waals surface area contributed by atoms with Crippen LogP contribution in [0.1, 0.15) is 26.3 Å². The number of carbonyl (C=O) groups is 3. The second-order valence-corrected chi connectivity index (χ2v) is 7.56. The van der Waals surface area contributed by atoms with Crippen molar-refractivity contribution in [2.24, 2.45) is 5.73 Å². The van der Waals surface area contributed by atoms with Crippen LogP contribution in [0.2, 0.25) is 5.02 Å². The van der Waals surface area contributed by atoms with Gasteiger partial charge in [0.05, 0.1) is 6.54 Å². The first-order valence-corrected chi connectivity index (χ1v) is 9.60. The van der Waals surface area contributed by atoms with E-state index in [4.69, 9.17) is 17.3 Å². The molecule has 0 radical (unpaired) electrons.